The van der Waals surface area contributed by atoms with E-state index in [0.717, 1.165) is 24.2 Å². The van der Waals surface area contributed by atoms with Gasteiger partial charge in [-0.25, -0.2) is 9.18 Å². The number of nitrogens with zero attached hydrogens (tertiary/aromatic N) is 1. The Kier molecular flexibility index (Phi) is 3.85. The zero-order valence-electron chi connectivity index (χ0n) is 7.91. The maximum absolute atomic E-state index is 12.2. The van der Waals surface area contributed by atoms with Gasteiger partial charge in [-0.2, -0.15) is 0 Å². The molecule has 5 heteroatoms. The highest BCUT2D eigenvalue weighted by molar-refractivity contribution is 5.84. The summed E-state index contributed by atoms with van der Waals surface area (Å²) in [4.78, 5) is 23.1. The molecule has 0 aromatic rings. The minimum Gasteiger partial charge on any atom is -0.480 e. The van der Waals surface area contributed by atoms with E-state index in [4.69, 9.17) is 5.11 Å². The summed E-state index contributed by atoms with van der Waals surface area (Å²) in [5.74, 6) is -1.74. The number of carbonyl (C=O) groups excluding carboxylic acids is 1. The second kappa shape index (κ2) is 4.93. The monoisotopic (exact) mass is 203 g/mol. The SMILES string of the molecule is O=C(O)C1CCCCCN1C(=O)CF. The average molecular weight is 203 g/mol. The molecule has 1 fully saturated rings. The summed E-state index contributed by atoms with van der Waals surface area (Å²) in [7, 11) is 0. The Hall–Kier alpha value is -1.13. The lowest BCUT2D eigenvalue weighted by atomic mass is 10.1. The number of rotatable bonds is 2. The maximum atomic E-state index is 12.2. The second-order valence-corrected chi connectivity index (χ2v) is 3.42. The molecule has 0 saturated carbocycles. The molecule has 14 heavy (non-hydrogen) atoms. The van der Waals surface area contributed by atoms with Crippen molar-refractivity contribution < 1.29 is 19.1 Å². The number of alkyl halides is 1. The summed E-state index contributed by atoms with van der Waals surface area (Å²) in [5, 5.41) is 8.86. The molecule has 80 valence electrons. The number of amides is 1. The smallest absolute Gasteiger partial charge is 0.326 e. The van der Waals surface area contributed by atoms with E-state index in [2.05, 4.69) is 0 Å². The fourth-order valence-corrected chi connectivity index (χ4v) is 1.74. The summed E-state index contributed by atoms with van der Waals surface area (Å²) in [6, 6.07) is -0.833. The van der Waals surface area contributed by atoms with Gasteiger partial charge in [-0.1, -0.05) is 12.8 Å². The van der Waals surface area contributed by atoms with E-state index in [1.54, 1.807) is 0 Å². The van der Waals surface area contributed by atoms with Crippen LogP contribution in [0, 0.1) is 0 Å². The van der Waals surface area contributed by atoms with Gasteiger partial charge in [0, 0.05) is 6.54 Å². The fourth-order valence-electron chi connectivity index (χ4n) is 1.74. The molecule has 1 rings (SSSR count). The number of carbonyl (C=O) groups is 2. The Morgan fingerprint density at radius 1 is 1.36 bits per heavy atom. The van der Waals surface area contributed by atoms with Gasteiger partial charge in [0.05, 0.1) is 0 Å². The van der Waals surface area contributed by atoms with Crippen molar-refractivity contribution >= 4 is 11.9 Å². The van der Waals surface area contributed by atoms with Crippen molar-refractivity contribution in [2.24, 2.45) is 0 Å². The van der Waals surface area contributed by atoms with Crippen LogP contribution in [0.5, 0.6) is 0 Å². The number of likely N-dealkylation sites (tertiary alicyclic amines) is 1. The molecule has 0 radical (unpaired) electrons. The van der Waals surface area contributed by atoms with Gasteiger partial charge < -0.3 is 10.0 Å². The average Bonchev–Trinajstić information content (AvgIpc) is 2.41. The lowest BCUT2D eigenvalue weighted by molar-refractivity contribution is -0.150. The summed E-state index contributed by atoms with van der Waals surface area (Å²) in [6.45, 7) is -0.747. The van der Waals surface area contributed by atoms with Gasteiger partial charge in [-0.3, -0.25) is 4.79 Å². The highest BCUT2D eigenvalue weighted by atomic mass is 19.1. The highest BCUT2D eigenvalue weighted by Gasteiger charge is 2.30. The Morgan fingerprint density at radius 3 is 2.64 bits per heavy atom. The molecule has 0 aromatic carbocycles. The molecule has 1 heterocycles. The van der Waals surface area contributed by atoms with Crippen LogP contribution in [0.1, 0.15) is 25.7 Å². The fraction of sp³-hybridized carbons (Fsp3) is 0.778. The van der Waals surface area contributed by atoms with Crippen molar-refractivity contribution in [3.63, 3.8) is 0 Å². The van der Waals surface area contributed by atoms with Crippen LogP contribution in [0.15, 0.2) is 0 Å². The first-order valence-corrected chi connectivity index (χ1v) is 4.75. The van der Waals surface area contributed by atoms with Crippen LogP contribution in [0.4, 0.5) is 4.39 Å². The standard InChI is InChI=1S/C9H14FNO3/c10-6-8(12)11-5-3-1-2-4-7(11)9(13)14/h7H,1-6H2,(H,13,14). The summed E-state index contributed by atoms with van der Waals surface area (Å²) < 4.78 is 12.2. The largest absolute Gasteiger partial charge is 0.480 e. The first kappa shape index (κ1) is 10.9. The van der Waals surface area contributed by atoms with Gasteiger partial charge >= 0.3 is 5.97 Å². The number of hydrogen-bond acceptors (Lipinski definition) is 2. The Balaban J connectivity index is 2.73. The van der Waals surface area contributed by atoms with E-state index in [-0.39, 0.29) is 0 Å². The minimum atomic E-state index is -1.11. The minimum absolute atomic E-state index is 0.361. The predicted molar refractivity (Wildman–Crippen MR) is 47.6 cm³/mol. The molecular weight excluding hydrogens is 189 g/mol. The van der Waals surface area contributed by atoms with Gasteiger partial charge in [0.15, 0.2) is 6.67 Å². The lowest BCUT2D eigenvalue weighted by Gasteiger charge is -2.25. The van der Waals surface area contributed by atoms with Crippen LogP contribution in [-0.4, -0.2) is 41.1 Å². The maximum Gasteiger partial charge on any atom is 0.326 e. The van der Waals surface area contributed by atoms with Gasteiger partial charge in [0.2, 0.25) is 0 Å². The number of carboxylic acid groups (broad SMARTS) is 1. The van der Waals surface area contributed by atoms with Crippen molar-refractivity contribution in [2.45, 2.75) is 31.7 Å². The van der Waals surface area contributed by atoms with Crippen molar-refractivity contribution in [1.29, 1.82) is 0 Å². The molecule has 1 unspecified atom stereocenters. The molecule has 1 saturated heterocycles. The zero-order valence-corrected chi connectivity index (χ0v) is 7.91. The molecule has 0 spiro atoms. The predicted octanol–water partition coefficient (Wildman–Crippen LogP) is 0.812. The van der Waals surface area contributed by atoms with Crippen LogP contribution in [0.25, 0.3) is 0 Å². The van der Waals surface area contributed by atoms with E-state index < -0.39 is 24.6 Å². The van der Waals surface area contributed by atoms with E-state index in [9.17, 15) is 14.0 Å². The summed E-state index contributed by atoms with van der Waals surface area (Å²) in [6.07, 6.45) is 2.88. The molecule has 0 bridgehead atoms. The quantitative estimate of drug-likeness (QED) is 0.722. The second-order valence-electron chi connectivity index (χ2n) is 3.42. The van der Waals surface area contributed by atoms with Gasteiger partial charge in [0.1, 0.15) is 6.04 Å². The third-order valence-electron chi connectivity index (χ3n) is 2.47. The molecule has 1 amide bonds. The summed E-state index contributed by atoms with van der Waals surface area (Å²) >= 11 is 0. The molecule has 1 atom stereocenters. The van der Waals surface area contributed by atoms with Crippen LogP contribution >= 0.6 is 0 Å². The molecular formula is C9H14FNO3. The van der Waals surface area contributed by atoms with Gasteiger partial charge in [-0.15, -0.1) is 0 Å². The van der Waals surface area contributed by atoms with Crippen LogP contribution in [0.3, 0.4) is 0 Å². The molecule has 0 aromatic heterocycles. The topological polar surface area (TPSA) is 57.6 Å². The van der Waals surface area contributed by atoms with Gasteiger partial charge in [-0.05, 0) is 12.8 Å². The van der Waals surface area contributed by atoms with Crippen LogP contribution < -0.4 is 0 Å². The Labute approximate surface area is 81.7 Å². The van der Waals surface area contributed by atoms with E-state index >= 15 is 0 Å². The lowest BCUT2D eigenvalue weighted by Crippen LogP contribution is -2.45. The zero-order chi connectivity index (χ0) is 10.6. The first-order chi connectivity index (χ1) is 6.66. The van der Waals surface area contributed by atoms with Crippen molar-refractivity contribution in [1.82, 2.24) is 4.90 Å². The third-order valence-corrected chi connectivity index (χ3v) is 2.47. The van der Waals surface area contributed by atoms with E-state index in [1.807, 2.05) is 0 Å². The molecule has 0 aliphatic carbocycles. The van der Waals surface area contributed by atoms with Crippen LogP contribution in [-0.2, 0) is 9.59 Å². The highest BCUT2D eigenvalue weighted by Crippen LogP contribution is 2.17. The number of carboxylic acids is 1. The first-order valence-electron chi connectivity index (χ1n) is 4.75. The van der Waals surface area contributed by atoms with Crippen molar-refractivity contribution in [2.75, 3.05) is 13.2 Å². The number of aliphatic carboxylic acids is 1. The normalized spacial score (nSPS) is 22.9. The molecule has 1 N–H and O–H groups in total. The third kappa shape index (κ3) is 2.43. The van der Waals surface area contributed by atoms with Crippen LogP contribution in [0.2, 0.25) is 0 Å². The summed E-state index contributed by atoms with van der Waals surface area (Å²) in [5.41, 5.74) is 0. The van der Waals surface area contributed by atoms with E-state index in [0.29, 0.717) is 13.0 Å². The molecule has 4 nitrogen and oxygen atoms in total. The Morgan fingerprint density at radius 2 is 2.07 bits per heavy atom. The van der Waals surface area contributed by atoms with Crippen molar-refractivity contribution in [3.8, 4) is 0 Å². The Bertz CT molecular complexity index is 232. The number of halogens is 1. The van der Waals surface area contributed by atoms with Gasteiger partial charge in [0.25, 0.3) is 5.91 Å². The van der Waals surface area contributed by atoms with E-state index in [1.165, 1.54) is 0 Å². The number of hydrogen-bond donors (Lipinski definition) is 1. The molecule has 1 aliphatic heterocycles. The molecule has 1 aliphatic rings. The van der Waals surface area contributed by atoms with Crippen molar-refractivity contribution in [3.05, 3.63) is 0 Å².